The molecule has 0 radical (unpaired) electrons. The van der Waals surface area contributed by atoms with Crippen molar-refractivity contribution in [1.29, 1.82) is 0 Å². The maximum Gasteiger partial charge on any atom is 0.573 e. The van der Waals surface area contributed by atoms with Gasteiger partial charge in [-0.25, -0.2) is 4.79 Å². The summed E-state index contributed by atoms with van der Waals surface area (Å²) in [5.41, 5.74) is -0.232. The van der Waals surface area contributed by atoms with Gasteiger partial charge in [0.05, 0.1) is 6.61 Å². The van der Waals surface area contributed by atoms with Crippen LogP contribution in [0.4, 0.5) is 13.2 Å². The summed E-state index contributed by atoms with van der Waals surface area (Å²) in [6, 6.07) is 2.78. The average molecular weight is 339 g/mol. The van der Waals surface area contributed by atoms with Crippen LogP contribution in [-0.2, 0) is 14.3 Å². The zero-order valence-corrected chi connectivity index (χ0v) is 11.9. The lowest BCUT2D eigenvalue weighted by Crippen LogP contribution is -2.17. The summed E-state index contributed by atoms with van der Waals surface area (Å²) in [5, 5.41) is 9.53. The third-order valence-corrected chi connectivity index (χ3v) is 2.36. The van der Waals surface area contributed by atoms with Gasteiger partial charge in [-0.2, -0.15) is 0 Å². The molecular formula is C13H10ClF3O5. The van der Waals surface area contributed by atoms with E-state index < -0.39 is 29.6 Å². The Morgan fingerprint density at radius 3 is 2.50 bits per heavy atom. The van der Waals surface area contributed by atoms with Gasteiger partial charge in [0.1, 0.15) is 11.5 Å². The Balaban J connectivity index is 3.05. The van der Waals surface area contributed by atoms with Gasteiger partial charge in [-0.15, -0.1) is 13.2 Å². The fraction of sp³-hybridized carbons (Fsp3) is 0.231. The Kier molecular flexibility index (Phi) is 5.81. The predicted molar refractivity (Wildman–Crippen MR) is 70.4 cm³/mol. The van der Waals surface area contributed by atoms with Crippen LogP contribution in [-0.4, -0.2) is 29.8 Å². The number of halogens is 4. The van der Waals surface area contributed by atoms with Crippen LogP contribution in [0.25, 0.3) is 5.76 Å². The Labute approximate surface area is 127 Å². The van der Waals surface area contributed by atoms with Crippen molar-refractivity contribution in [2.75, 3.05) is 6.61 Å². The van der Waals surface area contributed by atoms with Crippen LogP contribution in [0.15, 0.2) is 24.3 Å². The number of rotatable bonds is 5. The first-order valence-corrected chi connectivity index (χ1v) is 6.18. The molecule has 0 heterocycles. The number of hydrogen-bond donors (Lipinski definition) is 1. The molecule has 0 aliphatic heterocycles. The number of aliphatic hydroxyl groups excluding tert-OH is 1. The second-order valence-corrected chi connectivity index (χ2v) is 4.27. The lowest BCUT2D eigenvalue weighted by Gasteiger charge is -2.10. The molecule has 22 heavy (non-hydrogen) atoms. The van der Waals surface area contributed by atoms with E-state index in [-0.39, 0.29) is 17.2 Å². The Morgan fingerprint density at radius 2 is 1.95 bits per heavy atom. The van der Waals surface area contributed by atoms with Gasteiger partial charge in [0, 0.05) is 16.7 Å². The minimum absolute atomic E-state index is 0.0418. The zero-order chi connectivity index (χ0) is 16.9. The number of aliphatic hydroxyl groups is 1. The molecule has 1 rings (SSSR count). The van der Waals surface area contributed by atoms with Gasteiger partial charge in [-0.3, -0.25) is 4.79 Å². The molecule has 1 N–H and O–H groups in total. The fourth-order valence-corrected chi connectivity index (χ4v) is 1.60. The molecule has 0 spiro atoms. The number of ether oxygens (including phenoxy) is 2. The number of carbonyl (C=O) groups excluding carboxylic acids is 2. The van der Waals surface area contributed by atoms with Crippen molar-refractivity contribution in [3.63, 3.8) is 0 Å². The summed E-state index contributed by atoms with van der Waals surface area (Å²) in [6.45, 7) is 1.44. The zero-order valence-electron chi connectivity index (χ0n) is 11.1. The quantitative estimate of drug-likeness (QED) is 0.386. The number of carbonyl (C=O) groups is 2. The standard InChI is InChI=1S/C13H10ClF3O5/c1-2-21-12(20)11(19)6-10(18)7-3-8(14)5-9(4-7)22-13(15,16)17/h3-6,18H,2H2,1H3. The highest BCUT2D eigenvalue weighted by Crippen LogP contribution is 2.29. The van der Waals surface area contributed by atoms with Crippen molar-refractivity contribution in [3.05, 3.63) is 34.9 Å². The number of esters is 1. The SMILES string of the molecule is CCOC(=O)C(=O)C=C(O)c1cc(Cl)cc(OC(F)(F)F)c1. The number of alkyl halides is 3. The Morgan fingerprint density at radius 1 is 1.32 bits per heavy atom. The van der Waals surface area contributed by atoms with E-state index in [1.54, 1.807) is 0 Å². The number of benzene rings is 1. The number of hydrogen-bond acceptors (Lipinski definition) is 5. The molecule has 9 heteroatoms. The molecule has 0 aliphatic rings. The minimum Gasteiger partial charge on any atom is -0.507 e. The molecular weight excluding hydrogens is 329 g/mol. The monoisotopic (exact) mass is 338 g/mol. The van der Waals surface area contributed by atoms with Crippen LogP contribution in [0.2, 0.25) is 5.02 Å². The van der Waals surface area contributed by atoms with Gasteiger partial charge in [-0.1, -0.05) is 11.6 Å². The maximum atomic E-state index is 12.1. The summed E-state index contributed by atoms with van der Waals surface area (Å²) in [4.78, 5) is 22.5. The summed E-state index contributed by atoms with van der Waals surface area (Å²) in [5.74, 6) is -3.81. The van der Waals surface area contributed by atoms with Crippen LogP contribution < -0.4 is 4.74 Å². The largest absolute Gasteiger partial charge is 0.573 e. The molecule has 0 amide bonds. The lowest BCUT2D eigenvalue weighted by atomic mass is 10.1. The average Bonchev–Trinajstić information content (AvgIpc) is 2.35. The normalized spacial score (nSPS) is 12.0. The van der Waals surface area contributed by atoms with E-state index in [9.17, 15) is 27.9 Å². The topological polar surface area (TPSA) is 72.8 Å². The first kappa shape index (κ1) is 17.8. The van der Waals surface area contributed by atoms with E-state index in [2.05, 4.69) is 9.47 Å². The van der Waals surface area contributed by atoms with Gasteiger partial charge in [0.15, 0.2) is 0 Å². The van der Waals surface area contributed by atoms with Crippen LogP contribution in [0.1, 0.15) is 12.5 Å². The molecule has 0 saturated heterocycles. The fourth-order valence-electron chi connectivity index (χ4n) is 1.37. The highest BCUT2D eigenvalue weighted by Gasteiger charge is 2.31. The van der Waals surface area contributed by atoms with Crippen molar-refractivity contribution >= 4 is 29.1 Å². The van der Waals surface area contributed by atoms with Gasteiger partial charge in [0.25, 0.3) is 5.78 Å². The van der Waals surface area contributed by atoms with E-state index in [1.807, 2.05) is 0 Å². The van der Waals surface area contributed by atoms with Crippen molar-refractivity contribution in [2.24, 2.45) is 0 Å². The molecule has 1 aromatic rings. The summed E-state index contributed by atoms with van der Waals surface area (Å²) in [6.07, 6.45) is -4.43. The molecule has 0 aromatic heterocycles. The predicted octanol–water partition coefficient (Wildman–Crippen LogP) is 3.27. The summed E-state index contributed by atoms with van der Waals surface area (Å²) >= 11 is 5.61. The first-order chi connectivity index (χ1) is 10.1. The second-order valence-electron chi connectivity index (χ2n) is 3.84. The van der Waals surface area contributed by atoms with Gasteiger partial charge in [-0.05, 0) is 25.1 Å². The molecule has 0 aliphatic carbocycles. The maximum absolute atomic E-state index is 12.1. The van der Waals surface area contributed by atoms with E-state index in [0.717, 1.165) is 18.2 Å². The molecule has 1 aromatic carbocycles. The van der Waals surface area contributed by atoms with Crippen LogP contribution in [0, 0.1) is 0 Å². The molecule has 0 atom stereocenters. The smallest absolute Gasteiger partial charge is 0.507 e. The first-order valence-electron chi connectivity index (χ1n) is 5.81. The molecule has 5 nitrogen and oxygen atoms in total. The van der Waals surface area contributed by atoms with Crippen LogP contribution >= 0.6 is 11.6 Å². The van der Waals surface area contributed by atoms with Gasteiger partial charge in [0.2, 0.25) is 0 Å². The number of ketones is 1. The Bertz CT molecular complexity index is 610. The van der Waals surface area contributed by atoms with Crippen molar-refractivity contribution in [1.82, 2.24) is 0 Å². The van der Waals surface area contributed by atoms with Gasteiger partial charge >= 0.3 is 12.3 Å². The minimum atomic E-state index is -4.94. The van der Waals surface area contributed by atoms with Crippen LogP contribution in [0.3, 0.4) is 0 Å². The van der Waals surface area contributed by atoms with Crippen LogP contribution in [0.5, 0.6) is 5.75 Å². The molecule has 0 unspecified atom stereocenters. The van der Waals surface area contributed by atoms with E-state index in [1.165, 1.54) is 6.92 Å². The van der Waals surface area contributed by atoms with E-state index >= 15 is 0 Å². The van der Waals surface area contributed by atoms with E-state index in [0.29, 0.717) is 6.08 Å². The summed E-state index contributed by atoms with van der Waals surface area (Å²) in [7, 11) is 0. The van der Waals surface area contributed by atoms with Crippen molar-refractivity contribution in [3.8, 4) is 5.75 Å². The molecule has 120 valence electrons. The third kappa shape index (κ3) is 5.65. The molecule has 0 fully saturated rings. The molecule has 0 saturated carbocycles. The van der Waals surface area contributed by atoms with E-state index in [4.69, 9.17) is 11.6 Å². The van der Waals surface area contributed by atoms with Gasteiger partial charge < -0.3 is 14.6 Å². The molecule has 0 bridgehead atoms. The van der Waals surface area contributed by atoms with Crippen molar-refractivity contribution < 1.29 is 37.3 Å². The van der Waals surface area contributed by atoms with Crippen molar-refractivity contribution in [2.45, 2.75) is 13.3 Å². The second kappa shape index (κ2) is 7.17. The highest BCUT2D eigenvalue weighted by molar-refractivity contribution is 6.39. The highest BCUT2D eigenvalue weighted by atomic mass is 35.5. The lowest BCUT2D eigenvalue weighted by molar-refractivity contribution is -0.274. The summed E-state index contributed by atoms with van der Waals surface area (Å²) < 4.78 is 44.5. The third-order valence-electron chi connectivity index (χ3n) is 2.15. The Hall–Kier alpha value is -2.22.